The molecule has 0 spiro atoms. The lowest BCUT2D eigenvalue weighted by molar-refractivity contribution is -0.275. The summed E-state index contributed by atoms with van der Waals surface area (Å²) in [4.78, 5) is 0. The molecule has 0 aromatic rings. The fourth-order valence-electron chi connectivity index (χ4n) is 9.71. The first-order valence-corrected chi connectivity index (χ1v) is 20.3. The molecule has 7 aliphatic rings. The van der Waals surface area contributed by atoms with Crippen molar-refractivity contribution >= 4 is 0 Å². The van der Waals surface area contributed by atoms with E-state index < -0.39 is 22.6 Å². The molecule has 0 amide bonds. The third-order valence-electron chi connectivity index (χ3n) is 12.6. The molecule has 0 aromatic carbocycles. The van der Waals surface area contributed by atoms with Gasteiger partial charge >= 0.3 is 0 Å². The van der Waals surface area contributed by atoms with Gasteiger partial charge in [-0.2, -0.15) is 0 Å². The molecule has 49 heavy (non-hydrogen) atoms. The van der Waals surface area contributed by atoms with Crippen LogP contribution < -0.4 is 0 Å². The summed E-state index contributed by atoms with van der Waals surface area (Å²) in [6.07, 6.45) is 24.8. The zero-order valence-corrected chi connectivity index (χ0v) is 30.3. The van der Waals surface area contributed by atoms with Gasteiger partial charge in [-0.05, 0) is 51.4 Å². The van der Waals surface area contributed by atoms with Crippen molar-refractivity contribution in [2.75, 3.05) is 73.0 Å². The van der Waals surface area contributed by atoms with Gasteiger partial charge in [-0.15, -0.1) is 0 Å². The molecule has 2 atom stereocenters. The Labute approximate surface area is 295 Å². The van der Waals surface area contributed by atoms with E-state index in [0.717, 1.165) is 51.4 Å². The van der Waals surface area contributed by atoms with Crippen LogP contribution in [-0.4, -0.2) is 108 Å². The number of hydrogen-bond donors (Lipinski definition) is 0. The van der Waals surface area contributed by atoms with E-state index in [1.165, 1.54) is 77.0 Å². The van der Waals surface area contributed by atoms with Gasteiger partial charge in [0.2, 0.25) is 0 Å². The summed E-state index contributed by atoms with van der Waals surface area (Å²) in [5, 5.41) is 0. The number of hydrogen-bond acceptors (Lipinski definition) is 10. The molecule has 0 N–H and O–H groups in total. The van der Waals surface area contributed by atoms with Crippen LogP contribution in [0.15, 0.2) is 0 Å². The Morgan fingerprint density at radius 2 is 0.816 bits per heavy atom. The van der Waals surface area contributed by atoms with Crippen molar-refractivity contribution in [1.82, 2.24) is 0 Å². The van der Waals surface area contributed by atoms with Crippen molar-refractivity contribution in [2.45, 2.75) is 163 Å². The fraction of sp³-hybridized carbons (Fsp3) is 1.00. The molecule has 0 aromatic heterocycles. The van der Waals surface area contributed by atoms with Crippen LogP contribution in [0.2, 0.25) is 0 Å². The van der Waals surface area contributed by atoms with E-state index in [1.54, 1.807) is 0 Å². The van der Waals surface area contributed by atoms with Crippen LogP contribution >= 0.6 is 0 Å². The quantitative estimate of drug-likeness (QED) is 0.171. The Morgan fingerprint density at radius 3 is 1.22 bits per heavy atom. The minimum atomic E-state index is -0.745. The Balaban J connectivity index is 1.04. The minimum absolute atomic E-state index is 0.269. The van der Waals surface area contributed by atoms with E-state index in [1.807, 2.05) is 0 Å². The summed E-state index contributed by atoms with van der Waals surface area (Å²) in [6.45, 7) is 4.34. The van der Waals surface area contributed by atoms with Crippen LogP contribution in [0, 0.1) is 11.8 Å². The van der Waals surface area contributed by atoms with Crippen molar-refractivity contribution in [3.8, 4) is 0 Å². The zero-order chi connectivity index (χ0) is 33.3. The highest BCUT2D eigenvalue weighted by Gasteiger charge is 2.59. The molecule has 0 radical (unpaired) electrons. The van der Waals surface area contributed by atoms with E-state index >= 15 is 0 Å². The van der Waals surface area contributed by atoms with Gasteiger partial charge in [-0.3, -0.25) is 0 Å². The predicted molar refractivity (Wildman–Crippen MR) is 182 cm³/mol. The normalized spacial score (nSPS) is 35.8. The van der Waals surface area contributed by atoms with Crippen LogP contribution in [0.3, 0.4) is 0 Å². The van der Waals surface area contributed by atoms with Gasteiger partial charge in [0, 0.05) is 11.8 Å². The Hall–Kier alpha value is -0.400. The van der Waals surface area contributed by atoms with E-state index in [9.17, 15) is 0 Å². The monoisotopic (exact) mass is 694 g/mol. The smallest absolute Gasteiger partial charge is 0.175 e. The van der Waals surface area contributed by atoms with E-state index in [0.29, 0.717) is 83.5 Å². The zero-order valence-electron chi connectivity index (χ0n) is 30.3. The highest BCUT2D eigenvalue weighted by molar-refractivity contribution is 5.00. The van der Waals surface area contributed by atoms with Crippen molar-refractivity contribution in [3.05, 3.63) is 0 Å². The molecule has 3 saturated heterocycles. The Bertz CT molecular complexity index is 891. The van der Waals surface area contributed by atoms with Crippen LogP contribution in [0.25, 0.3) is 0 Å². The molecule has 4 aliphatic carbocycles. The lowest BCUT2D eigenvalue weighted by Gasteiger charge is -2.46. The first-order valence-electron chi connectivity index (χ1n) is 20.3. The molecule has 3 heterocycles. The maximum Gasteiger partial charge on any atom is 0.175 e. The summed E-state index contributed by atoms with van der Waals surface area (Å²) >= 11 is 0. The summed E-state index contributed by atoms with van der Waals surface area (Å²) in [5.74, 6) is 0.210. The predicted octanol–water partition coefficient (Wildman–Crippen LogP) is 6.85. The van der Waals surface area contributed by atoms with Crippen LogP contribution in [0.4, 0.5) is 0 Å². The second kappa shape index (κ2) is 17.6. The van der Waals surface area contributed by atoms with Gasteiger partial charge in [0.15, 0.2) is 5.79 Å². The second-order valence-electron chi connectivity index (χ2n) is 16.7. The van der Waals surface area contributed by atoms with Crippen molar-refractivity contribution in [3.63, 3.8) is 0 Å². The average Bonchev–Trinajstić information content (AvgIpc) is 3.93. The van der Waals surface area contributed by atoms with Crippen LogP contribution in [0.5, 0.6) is 0 Å². The summed E-state index contributed by atoms with van der Waals surface area (Å²) in [7, 11) is 0. The Kier molecular flexibility index (Phi) is 13.3. The van der Waals surface area contributed by atoms with Gasteiger partial charge < -0.3 is 47.4 Å². The number of ether oxygens (including phenoxy) is 10. The molecule has 10 heteroatoms. The third kappa shape index (κ3) is 9.40. The van der Waals surface area contributed by atoms with E-state index in [-0.39, 0.29) is 13.6 Å². The van der Waals surface area contributed by atoms with Gasteiger partial charge in [-0.25, -0.2) is 0 Å². The van der Waals surface area contributed by atoms with Gasteiger partial charge in [-0.1, -0.05) is 77.0 Å². The molecule has 2 unspecified atom stereocenters. The molecular weight excluding hydrogens is 628 g/mol. The van der Waals surface area contributed by atoms with Gasteiger partial charge in [0.05, 0.1) is 71.7 Å². The fourth-order valence-corrected chi connectivity index (χ4v) is 9.71. The molecule has 282 valence electrons. The molecule has 4 saturated carbocycles. The number of rotatable bonds is 16. The second-order valence-corrected chi connectivity index (χ2v) is 16.7. The van der Waals surface area contributed by atoms with E-state index in [4.69, 9.17) is 47.4 Å². The maximum absolute atomic E-state index is 7.44. The average molecular weight is 695 g/mol. The van der Waals surface area contributed by atoms with Crippen molar-refractivity contribution in [1.29, 1.82) is 0 Å². The first-order chi connectivity index (χ1) is 24.1. The molecule has 7 rings (SSSR count). The van der Waals surface area contributed by atoms with Crippen molar-refractivity contribution in [2.24, 2.45) is 11.8 Å². The molecule has 10 nitrogen and oxygen atoms in total. The van der Waals surface area contributed by atoms with Crippen LogP contribution in [-0.2, 0) is 47.4 Å². The topological polar surface area (TPSA) is 92.3 Å². The van der Waals surface area contributed by atoms with Gasteiger partial charge in [0.25, 0.3) is 0 Å². The summed E-state index contributed by atoms with van der Waals surface area (Å²) in [6, 6.07) is 0. The highest BCUT2D eigenvalue weighted by atomic mass is 16.8. The van der Waals surface area contributed by atoms with E-state index in [2.05, 4.69) is 0 Å². The van der Waals surface area contributed by atoms with Crippen molar-refractivity contribution < 1.29 is 47.4 Å². The lowest BCUT2D eigenvalue weighted by Crippen LogP contribution is -2.53. The van der Waals surface area contributed by atoms with Gasteiger partial charge in [0.1, 0.15) is 30.4 Å². The maximum atomic E-state index is 7.44. The highest BCUT2D eigenvalue weighted by Crippen LogP contribution is 2.51. The molecule has 7 fully saturated rings. The molecule has 3 aliphatic heterocycles. The standard InChI is InChI=1S/C39H66O10/c1-5-13-32(14-6-1)39(33-15-7-2-8-16-33)46-29-38(49-39,25-40-21-36(23-42-30-47-36)27-44-34-17-9-3-10-18-34)26-41-22-37(24-43-31-48-37)28-45-35-19-11-4-12-20-35/h32-35H,1-31H2. The largest absolute Gasteiger partial charge is 0.375 e. The Morgan fingerprint density at radius 1 is 0.408 bits per heavy atom. The third-order valence-corrected chi connectivity index (χ3v) is 12.6. The summed E-state index contributed by atoms with van der Waals surface area (Å²) < 4.78 is 64.4. The summed E-state index contributed by atoms with van der Waals surface area (Å²) in [5.41, 5.74) is -1.97. The first kappa shape index (κ1) is 36.9. The SMILES string of the molecule is C1CCC(OCC2(COCC3(COCC4(COC5CCCCC5)COCO4)COC(C4CCCCC4)(C4CCCCC4)O3)COCO2)CC1. The van der Waals surface area contributed by atoms with Crippen LogP contribution in [0.1, 0.15) is 128 Å². The molecule has 0 bridgehead atoms. The lowest BCUT2D eigenvalue weighted by atomic mass is 9.72. The minimum Gasteiger partial charge on any atom is -0.375 e. The molecular formula is C39H66O10.